The van der Waals surface area contributed by atoms with Gasteiger partial charge in [0.1, 0.15) is 5.82 Å². The van der Waals surface area contributed by atoms with Crippen molar-refractivity contribution in [2.24, 2.45) is 5.92 Å². The quantitative estimate of drug-likeness (QED) is 0.917. The fraction of sp³-hybridized carbons (Fsp3) is 0.615. The van der Waals surface area contributed by atoms with E-state index in [1.807, 2.05) is 12.3 Å². The van der Waals surface area contributed by atoms with Crippen molar-refractivity contribution in [3.63, 3.8) is 0 Å². The van der Waals surface area contributed by atoms with Crippen LogP contribution in [0.25, 0.3) is 0 Å². The second kappa shape index (κ2) is 6.73. The van der Waals surface area contributed by atoms with Crippen LogP contribution in [-0.4, -0.2) is 31.2 Å². The monoisotopic (exact) mass is 331 g/mol. The minimum Gasteiger partial charge on any atom is -0.355 e. The first-order valence-electron chi connectivity index (χ1n) is 6.47. The topological polar surface area (TPSA) is 28.2 Å². The zero-order chi connectivity index (χ0) is 13.0. The van der Waals surface area contributed by atoms with E-state index >= 15 is 0 Å². The third-order valence-corrected chi connectivity index (χ3v) is 4.10. The van der Waals surface area contributed by atoms with Gasteiger partial charge in [-0.25, -0.2) is 4.98 Å². The number of hydrogen-bond acceptors (Lipinski definition) is 3. The van der Waals surface area contributed by atoms with Crippen molar-refractivity contribution >= 4 is 33.3 Å². The summed E-state index contributed by atoms with van der Waals surface area (Å²) in [5.41, 5.74) is 0. The van der Waals surface area contributed by atoms with Crippen LogP contribution in [0.1, 0.15) is 19.8 Å². The average Bonchev–Trinajstić information content (AvgIpc) is 2.37. The third-order valence-electron chi connectivity index (χ3n) is 3.39. The molecule has 0 unspecified atom stereocenters. The Hall–Kier alpha value is -0.320. The molecule has 0 bridgehead atoms. The lowest BCUT2D eigenvalue weighted by molar-refractivity contribution is 0.385. The van der Waals surface area contributed by atoms with Crippen molar-refractivity contribution in [3.8, 4) is 0 Å². The molecule has 0 aliphatic carbocycles. The lowest BCUT2D eigenvalue weighted by atomic mass is 9.97. The van der Waals surface area contributed by atoms with Crippen LogP contribution in [0.3, 0.4) is 0 Å². The number of nitrogens with zero attached hydrogens (tertiary/aromatic N) is 2. The van der Waals surface area contributed by atoms with Crippen LogP contribution < -0.4 is 10.2 Å². The molecule has 0 radical (unpaired) electrons. The summed E-state index contributed by atoms with van der Waals surface area (Å²) in [4.78, 5) is 6.71. The van der Waals surface area contributed by atoms with E-state index in [-0.39, 0.29) is 0 Å². The highest BCUT2D eigenvalue weighted by atomic mass is 79.9. The summed E-state index contributed by atoms with van der Waals surface area (Å²) >= 11 is 9.62. The van der Waals surface area contributed by atoms with E-state index in [2.05, 4.69) is 38.1 Å². The van der Waals surface area contributed by atoms with Gasteiger partial charge in [-0.05, 0) is 53.8 Å². The highest BCUT2D eigenvalue weighted by Gasteiger charge is 2.21. The molecule has 1 aromatic heterocycles. The molecule has 3 nitrogen and oxygen atoms in total. The van der Waals surface area contributed by atoms with Crippen LogP contribution in [0.2, 0.25) is 5.02 Å². The van der Waals surface area contributed by atoms with Crippen molar-refractivity contribution in [2.45, 2.75) is 19.8 Å². The van der Waals surface area contributed by atoms with Gasteiger partial charge in [-0.3, -0.25) is 0 Å². The molecule has 5 heteroatoms. The summed E-state index contributed by atoms with van der Waals surface area (Å²) in [7, 11) is 0. The molecule has 0 atom stereocenters. The summed E-state index contributed by atoms with van der Waals surface area (Å²) in [6.45, 7) is 6.43. The molecule has 2 heterocycles. The van der Waals surface area contributed by atoms with Crippen LogP contribution in [-0.2, 0) is 0 Å². The van der Waals surface area contributed by atoms with E-state index in [0.29, 0.717) is 0 Å². The van der Waals surface area contributed by atoms with E-state index in [4.69, 9.17) is 11.6 Å². The Morgan fingerprint density at radius 1 is 1.50 bits per heavy atom. The molecule has 0 aromatic carbocycles. The van der Waals surface area contributed by atoms with E-state index < -0.39 is 0 Å². The lowest BCUT2D eigenvalue weighted by Gasteiger charge is -2.33. The van der Waals surface area contributed by atoms with Crippen LogP contribution in [0.15, 0.2) is 16.7 Å². The number of piperidine rings is 1. The molecule has 0 spiro atoms. The summed E-state index contributed by atoms with van der Waals surface area (Å²) in [6.07, 6.45) is 4.23. The minimum absolute atomic E-state index is 0.731. The van der Waals surface area contributed by atoms with E-state index in [1.165, 1.54) is 12.8 Å². The number of rotatable bonds is 4. The van der Waals surface area contributed by atoms with Crippen molar-refractivity contribution < 1.29 is 0 Å². The predicted molar refractivity (Wildman–Crippen MR) is 80.4 cm³/mol. The molecule has 2 rings (SSSR count). The van der Waals surface area contributed by atoms with Gasteiger partial charge >= 0.3 is 0 Å². The zero-order valence-electron chi connectivity index (χ0n) is 10.6. The van der Waals surface area contributed by atoms with Crippen LogP contribution in [0.5, 0.6) is 0 Å². The maximum atomic E-state index is 6.24. The Bertz CT molecular complexity index is 392. The van der Waals surface area contributed by atoms with Gasteiger partial charge in [0.15, 0.2) is 0 Å². The maximum Gasteiger partial charge on any atom is 0.147 e. The van der Waals surface area contributed by atoms with Gasteiger partial charge in [0.2, 0.25) is 0 Å². The first-order chi connectivity index (χ1) is 8.70. The van der Waals surface area contributed by atoms with Gasteiger partial charge < -0.3 is 10.2 Å². The fourth-order valence-corrected chi connectivity index (χ4v) is 3.09. The number of halogens is 2. The van der Waals surface area contributed by atoms with Crippen molar-refractivity contribution in [1.29, 1.82) is 0 Å². The second-order valence-corrected chi connectivity index (χ2v) is 6.02. The smallest absolute Gasteiger partial charge is 0.147 e. The van der Waals surface area contributed by atoms with Gasteiger partial charge in [-0.15, -0.1) is 0 Å². The van der Waals surface area contributed by atoms with E-state index in [0.717, 1.165) is 47.4 Å². The standard InChI is InChI=1S/C13H19BrClN3/c1-2-16-8-10-3-5-18(6-4-10)13-12(15)7-11(14)9-17-13/h7,9-10,16H,2-6,8H2,1H3. The Balaban J connectivity index is 1.93. The molecule has 1 aliphatic heterocycles. The van der Waals surface area contributed by atoms with E-state index in [1.54, 1.807) is 0 Å². The zero-order valence-corrected chi connectivity index (χ0v) is 13.0. The fourth-order valence-electron chi connectivity index (χ4n) is 2.34. The molecule has 1 aliphatic rings. The van der Waals surface area contributed by atoms with Crippen molar-refractivity contribution in [2.75, 3.05) is 31.1 Å². The minimum atomic E-state index is 0.731. The largest absolute Gasteiger partial charge is 0.355 e. The molecule has 1 N–H and O–H groups in total. The Kier molecular flexibility index (Phi) is 5.27. The summed E-state index contributed by atoms with van der Waals surface area (Å²) in [6, 6.07) is 1.91. The van der Waals surface area contributed by atoms with Gasteiger partial charge in [0.05, 0.1) is 5.02 Å². The highest BCUT2D eigenvalue weighted by molar-refractivity contribution is 9.10. The highest BCUT2D eigenvalue weighted by Crippen LogP contribution is 2.29. The van der Waals surface area contributed by atoms with Gasteiger partial charge in [-0.1, -0.05) is 18.5 Å². The Labute approximate surface area is 122 Å². The summed E-state index contributed by atoms with van der Waals surface area (Å²) in [5.74, 6) is 1.71. The molecule has 18 heavy (non-hydrogen) atoms. The maximum absolute atomic E-state index is 6.24. The van der Waals surface area contributed by atoms with Gasteiger partial charge in [0.25, 0.3) is 0 Å². The Morgan fingerprint density at radius 3 is 2.83 bits per heavy atom. The predicted octanol–water partition coefficient (Wildman–Crippen LogP) is 3.32. The summed E-state index contributed by atoms with van der Waals surface area (Å²) < 4.78 is 0.929. The normalized spacial score (nSPS) is 17.2. The molecule has 0 saturated carbocycles. The number of nitrogens with one attached hydrogen (secondary N) is 1. The van der Waals surface area contributed by atoms with Gasteiger partial charge in [0, 0.05) is 23.8 Å². The Morgan fingerprint density at radius 2 is 2.22 bits per heavy atom. The van der Waals surface area contributed by atoms with Crippen molar-refractivity contribution in [3.05, 3.63) is 21.8 Å². The third kappa shape index (κ3) is 3.59. The molecular weight excluding hydrogens is 314 g/mol. The molecule has 0 amide bonds. The van der Waals surface area contributed by atoms with Crippen LogP contribution >= 0.6 is 27.5 Å². The lowest BCUT2D eigenvalue weighted by Crippen LogP contribution is -2.37. The molecular formula is C13H19BrClN3. The SMILES string of the molecule is CCNCC1CCN(c2ncc(Br)cc2Cl)CC1. The number of hydrogen-bond donors (Lipinski definition) is 1. The van der Waals surface area contributed by atoms with Crippen LogP contribution in [0, 0.1) is 5.92 Å². The van der Waals surface area contributed by atoms with Crippen LogP contribution in [0.4, 0.5) is 5.82 Å². The second-order valence-electron chi connectivity index (χ2n) is 4.70. The number of anilines is 1. The molecule has 1 fully saturated rings. The summed E-state index contributed by atoms with van der Waals surface area (Å²) in [5, 5.41) is 4.16. The van der Waals surface area contributed by atoms with Gasteiger partial charge in [-0.2, -0.15) is 0 Å². The first-order valence-corrected chi connectivity index (χ1v) is 7.64. The number of aromatic nitrogens is 1. The molecule has 1 saturated heterocycles. The first kappa shape index (κ1) is 14.1. The molecule has 1 aromatic rings. The molecule has 100 valence electrons. The average molecular weight is 333 g/mol. The van der Waals surface area contributed by atoms with Crippen molar-refractivity contribution in [1.82, 2.24) is 10.3 Å². The van der Waals surface area contributed by atoms with E-state index in [9.17, 15) is 0 Å². The number of pyridine rings is 1.